The summed E-state index contributed by atoms with van der Waals surface area (Å²) in [6.07, 6.45) is -0.0973. The molecule has 3 N–H and O–H groups in total. The van der Waals surface area contributed by atoms with Crippen LogP contribution in [-0.4, -0.2) is 43.3 Å². The van der Waals surface area contributed by atoms with Gasteiger partial charge in [-0.15, -0.1) is 0 Å². The molecule has 4 nitrogen and oxygen atoms in total. The first-order chi connectivity index (χ1) is 5.65. The van der Waals surface area contributed by atoms with Gasteiger partial charge in [-0.05, 0) is 20.4 Å². The molecule has 3 unspecified atom stereocenters. The largest absolute Gasteiger partial charge is 0.396 e. The summed E-state index contributed by atoms with van der Waals surface area (Å²) in [5.74, 6) is -0.0163. The van der Waals surface area contributed by atoms with Gasteiger partial charge in [-0.1, -0.05) is 0 Å². The van der Waals surface area contributed by atoms with Crippen LogP contribution >= 0.6 is 0 Å². The van der Waals surface area contributed by atoms with Crippen LogP contribution in [0.1, 0.15) is 13.3 Å². The SMILES string of the molecule is CNC(O)CC(CO)C(C)OC.[Y]. The van der Waals surface area contributed by atoms with E-state index in [4.69, 9.17) is 9.84 Å². The van der Waals surface area contributed by atoms with Crippen molar-refractivity contribution in [1.82, 2.24) is 5.32 Å². The van der Waals surface area contributed by atoms with Gasteiger partial charge < -0.3 is 14.9 Å². The Bertz CT molecular complexity index is 116. The second-order valence-corrected chi connectivity index (χ2v) is 2.92. The van der Waals surface area contributed by atoms with E-state index < -0.39 is 6.23 Å². The molecule has 0 rings (SSSR count). The second kappa shape index (κ2) is 9.50. The van der Waals surface area contributed by atoms with Gasteiger partial charge in [-0.2, -0.15) is 0 Å². The smallest absolute Gasteiger partial charge is 0.105 e. The van der Waals surface area contributed by atoms with E-state index >= 15 is 0 Å². The maximum atomic E-state index is 9.23. The van der Waals surface area contributed by atoms with Crippen molar-refractivity contribution in [1.29, 1.82) is 0 Å². The minimum absolute atomic E-state index is 0. The van der Waals surface area contributed by atoms with E-state index in [9.17, 15) is 5.11 Å². The maximum absolute atomic E-state index is 9.23. The first kappa shape index (κ1) is 16.4. The van der Waals surface area contributed by atoms with Gasteiger partial charge in [-0.25, -0.2) is 0 Å². The van der Waals surface area contributed by atoms with Crippen molar-refractivity contribution in [2.45, 2.75) is 25.7 Å². The zero-order valence-corrected chi connectivity index (χ0v) is 11.4. The standard InChI is InChI=1S/C8H19NO3.Y/c1-6(12-3)7(5-10)4-8(11)9-2;/h6-11H,4-5H2,1-3H3;. The minimum Gasteiger partial charge on any atom is -0.396 e. The van der Waals surface area contributed by atoms with Gasteiger partial charge >= 0.3 is 0 Å². The summed E-state index contributed by atoms with van der Waals surface area (Å²) >= 11 is 0. The topological polar surface area (TPSA) is 61.7 Å². The molecule has 5 heteroatoms. The van der Waals surface area contributed by atoms with Gasteiger partial charge in [0, 0.05) is 52.3 Å². The fourth-order valence-electron chi connectivity index (χ4n) is 1.01. The zero-order valence-electron chi connectivity index (χ0n) is 8.53. The molecule has 0 aromatic rings. The summed E-state index contributed by atoms with van der Waals surface area (Å²) in [5, 5.41) is 20.9. The normalized spacial score (nSPS) is 17.3. The first-order valence-corrected chi connectivity index (χ1v) is 4.14. The Morgan fingerprint density at radius 1 is 1.46 bits per heavy atom. The van der Waals surface area contributed by atoms with Crippen molar-refractivity contribution in [3.63, 3.8) is 0 Å². The number of rotatable bonds is 6. The van der Waals surface area contributed by atoms with Crippen LogP contribution < -0.4 is 5.32 Å². The van der Waals surface area contributed by atoms with Crippen LogP contribution in [0.2, 0.25) is 0 Å². The minimum atomic E-state index is -0.570. The Hall–Kier alpha value is 0.944. The molecule has 0 aliphatic rings. The van der Waals surface area contributed by atoms with Crippen LogP contribution in [0.5, 0.6) is 0 Å². The molecule has 0 heterocycles. The van der Waals surface area contributed by atoms with Gasteiger partial charge in [0.1, 0.15) is 6.23 Å². The summed E-state index contributed by atoms with van der Waals surface area (Å²) < 4.78 is 5.05. The summed E-state index contributed by atoms with van der Waals surface area (Å²) in [5.41, 5.74) is 0. The fourth-order valence-corrected chi connectivity index (χ4v) is 1.01. The summed E-state index contributed by atoms with van der Waals surface area (Å²) in [7, 11) is 3.27. The third-order valence-corrected chi connectivity index (χ3v) is 2.13. The average molecular weight is 266 g/mol. The third kappa shape index (κ3) is 6.94. The van der Waals surface area contributed by atoms with E-state index in [2.05, 4.69) is 5.32 Å². The molecule has 0 saturated heterocycles. The molecule has 0 aromatic heterocycles. The quantitative estimate of drug-likeness (QED) is 0.570. The van der Waals surface area contributed by atoms with Gasteiger partial charge in [0.15, 0.2) is 0 Å². The first-order valence-electron chi connectivity index (χ1n) is 4.14. The molecule has 3 atom stereocenters. The average Bonchev–Trinajstić information content (AvgIpc) is 2.12. The molecule has 0 saturated carbocycles. The Kier molecular flexibility index (Phi) is 12.0. The Balaban J connectivity index is 0. The van der Waals surface area contributed by atoms with Crippen LogP contribution in [-0.2, 0) is 37.4 Å². The van der Waals surface area contributed by atoms with E-state index in [0.29, 0.717) is 6.42 Å². The van der Waals surface area contributed by atoms with Gasteiger partial charge in [0.25, 0.3) is 0 Å². The number of hydrogen-bond acceptors (Lipinski definition) is 4. The number of hydrogen-bond donors (Lipinski definition) is 3. The molecule has 1 radical (unpaired) electrons. The number of nitrogens with one attached hydrogen (secondary N) is 1. The molecule has 0 amide bonds. The van der Waals surface area contributed by atoms with Crippen molar-refractivity contribution < 1.29 is 47.7 Å². The number of methoxy groups -OCH3 is 1. The zero-order chi connectivity index (χ0) is 9.56. The van der Waals surface area contributed by atoms with Crippen molar-refractivity contribution in [3.8, 4) is 0 Å². The number of aliphatic hydroxyl groups is 2. The Morgan fingerprint density at radius 3 is 2.31 bits per heavy atom. The maximum Gasteiger partial charge on any atom is 0.105 e. The predicted molar refractivity (Wildman–Crippen MR) is 46.7 cm³/mol. The van der Waals surface area contributed by atoms with Gasteiger partial charge in [-0.3, -0.25) is 5.32 Å². The van der Waals surface area contributed by atoms with E-state index in [1.165, 1.54) is 0 Å². The molecule has 0 spiro atoms. The van der Waals surface area contributed by atoms with E-state index in [1.54, 1.807) is 14.2 Å². The van der Waals surface area contributed by atoms with Crippen molar-refractivity contribution in [2.24, 2.45) is 5.92 Å². The molecule has 0 aliphatic heterocycles. The summed E-state index contributed by atoms with van der Waals surface area (Å²) in [6.45, 7) is 1.91. The molecular weight excluding hydrogens is 247 g/mol. The van der Waals surface area contributed by atoms with Crippen LogP contribution in [0.15, 0.2) is 0 Å². The van der Waals surface area contributed by atoms with Crippen LogP contribution in [0.3, 0.4) is 0 Å². The number of aliphatic hydroxyl groups excluding tert-OH is 2. The van der Waals surface area contributed by atoms with Crippen molar-refractivity contribution >= 4 is 0 Å². The monoisotopic (exact) mass is 266 g/mol. The number of ether oxygens (including phenoxy) is 1. The molecule has 77 valence electrons. The molecule has 0 aliphatic carbocycles. The molecule has 0 bridgehead atoms. The van der Waals surface area contributed by atoms with Gasteiger partial charge in [0.05, 0.1) is 6.10 Å². The Labute approximate surface area is 105 Å². The molecule has 0 aromatic carbocycles. The molecule has 0 fully saturated rings. The van der Waals surface area contributed by atoms with E-state index in [-0.39, 0.29) is 51.3 Å². The van der Waals surface area contributed by atoms with E-state index in [0.717, 1.165) is 0 Å². The second-order valence-electron chi connectivity index (χ2n) is 2.92. The van der Waals surface area contributed by atoms with Gasteiger partial charge in [0.2, 0.25) is 0 Å². The summed E-state index contributed by atoms with van der Waals surface area (Å²) in [4.78, 5) is 0. The van der Waals surface area contributed by atoms with Crippen molar-refractivity contribution in [3.05, 3.63) is 0 Å². The van der Waals surface area contributed by atoms with Crippen LogP contribution in [0.25, 0.3) is 0 Å². The predicted octanol–water partition coefficient (Wildman–Crippen LogP) is -0.445. The molecule has 13 heavy (non-hydrogen) atoms. The van der Waals surface area contributed by atoms with Crippen molar-refractivity contribution in [2.75, 3.05) is 20.8 Å². The van der Waals surface area contributed by atoms with E-state index in [1.807, 2.05) is 6.92 Å². The fraction of sp³-hybridized carbons (Fsp3) is 1.00. The Morgan fingerprint density at radius 2 is 2.00 bits per heavy atom. The summed E-state index contributed by atoms with van der Waals surface area (Å²) in [6, 6.07) is 0. The third-order valence-electron chi connectivity index (χ3n) is 2.13. The molecular formula is C8H19NO3Y. The van der Waals surface area contributed by atoms with Crippen LogP contribution in [0.4, 0.5) is 0 Å². The van der Waals surface area contributed by atoms with Crippen LogP contribution in [0, 0.1) is 5.92 Å².